The van der Waals surface area contributed by atoms with Crippen LogP contribution in [0.1, 0.15) is 39.0 Å². The molecule has 0 aromatic heterocycles. The Labute approximate surface area is 118 Å². The number of carbonyl (C=O) groups excluding carboxylic acids is 3. The predicted octanol–water partition coefficient (Wildman–Crippen LogP) is 1.37. The van der Waals surface area contributed by atoms with Gasteiger partial charge in [0.15, 0.2) is 0 Å². The molecule has 1 rings (SSSR count). The molecular formula is C14H19N3O3. The minimum absolute atomic E-state index is 0.209. The van der Waals surface area contributed by atoms with Crippen LogP contribution in [-0.4, -0.2) is 39.5 Å². The fourth-order valence-electron chi connectivity index (χ4n) is 2.32. The summed E-state index contributed by atoms with van der Waals surface area (Å²) in [7, 11) is 0. The van der Waals surface area contributed by atoms with Gasteiger partial charge in [-0.25, -0.2) is 0 Å². The molecule has 0 N–H and O–H groups in total. The van der Waals surface area contributed by atoms with Gasteiger partial charge in [0, 0.05) is 19.4 Å². The van der Waals surface area contributed by atoms with Crippen LogP contribution in [-0.2, 0) is 14.4 Å². The number of ketones is 1. The maximum atomic E-state index is 12.2. The molecule has 0 aromatic carbocycles. The molecule has 108 valence electrons. The third-order valence-corrected chi connectivity index (χ3v) is 3.39. The lowest BCUT2D eigenvalue weighted by molar-refractivity contribution is -0.149. The van der Waals surface area contributed by atoms with E-state index in [1.165, 1.54) is 0 Å². The lowest BCUT2D eigenvalue weighted by atomic mass is 9.91. The average Bonchev–Trinajstić information content (AvgIpc) is 2.41. The highest BCUT2D eigenvalue weighted by Gasteiger charge is 2.39. The molecule has 1 atom stereocenters. The molecule has 0 bridgehead atoms. The van der Waals surface area contributed by atoms with Crippen LogP contribution >= 0.6 is 0 Å². The molecule has 6 nitrogen and oxygen atoms in total. The first-order valence-corrected chi connectivity index (χ1v) is 6.72. The normalized spacial score (nSPS) is 18.4. The van der Waals surface area contributed by atoms with Gasteiger partial charge in [0.1, 0.15) is 0 Å². The van der Waals surface area contributed by atoms with Crippen molar-refractivity contribution >= 4 is 23.3 Å². The summed E-state index contributed by atoms with van der Waals surface area (Å²) in [6.45, 7) is 5.02. The van der Waals surface area contributed by atoms with Gasteiger partial charge in [-0.05, 0) is 32.1 Å². The molecule has 0 aliphatic carbocycles. The van der Waals surface area contributed by atoms with Crippen LogP contribution in [0.25, 0.3) is 5.53 Å². The zero-order valence-electron chi connectivity index (χ0n) is 11.7. The zero-order valence-corrected chi connectivity index (χ0v) is 11.7. The Morgan fingerprint density at radius 3 is 2.80 bits per heavy atom. The number of hydrogen-bond donors (Lipinski definition) is 0. The number of amides is 2. The number of hydrogen-bond acceptors (Lipinski definition) is 3. The number of nitrogens with zero attached hydrogens (tertiary/aromatic N) is 3. The molecule has 2 amide bonds. The second kappa shape index (κ2) is 7.50. The Morgan fingerprint density at radius 2 is 2.25 bits per heavy atom. The first-order valence-electron chi connectivity index (χ1n) is 6.72. The highest BCUT2D eigenvalue weighted by atomic mass is 16.2. The van der Waals surface area contributed by atoms with Gasteiger partial charge in [-0.15, -0.1) is 6.58 Å². The molecule has 1 aliphatic rings. The zero-order chi connectivity index (χ0) is 15.1. The highest BCUT2D eigenvalue weighted by molar-refractivity contribution is 6.63. The number of unbranched alkanes of at least 4 members (excludes halogenated alkanes) is 1. The molecule has 1 unspecified atom stereocenters. The van der Waals surface area contributed by atoms with E-state index in [1.54, 1.807) is 6.08 Å². The molecule has 1 saturated heterocycles. The number of piperidine rings is 1. The molecule has 0 spiro atoms. The van der Waals surface area contributed by atoms with Gasteiger partial charge in [-0.2, -0.15) is 4.79 Å². The van der Waals surface area contributed by atoms with Gasteiger partial charge in [0.05, 0.1) is 0 Å². The van der Waals surface area contributed by atoms with Crippen LogP contribution in [0.2, 0.25) is 0 Å². The Bertz CT molecular complexity index is 478. The molecule has 0 radical (unpaired) electrons. The van der Waals surface area contributed by atoms with Crippen LogP contribution in [0.15, 0.2) is 12.7 Å². The van der Waals surface area contributed by atoms with Crippen molar-refractivity contribution in [2.24, 2.45) is 5.92 Å². The Kier molecular flexibility index (Phi) is 6.00. The van der Waals surface area contributed by atoms with Crippen molar-refractivity contribution in [3.8, 4) is 0 Å². The second-order valence-corrected chi connectivity index (χ2v) is 4.86. The fourth-order valence-corrected chi connectivity index (χ4v) is 2.32. The maximum absolute atomic E-state index is 12.2. The first kappa shape index (κ1) is 16.0. The van der Waals surface area contributed by atoms with Gasteiger partial charge in [0.25, 0.3) is 0 Å². The summed E-state index contributed by atoms with van der Waals surface area (Å²) in [6.07, 6.45) is 5.60. The maximum Gasteiger partial charge on any atom is 0.421 e. The van der Waals surface area contributed by atoms with Gasteiger partial charge in [-0.3, -0.25) is 19.3 Å². The number of carbonyl (C=O) groups is 3. The van der Waals surface area contributed by atoms with E-state index in [0.717, 1.165) is 31.1 Å². The summed E-state index contributed by atoms with van der Waals surface area (Å²) in [6, 6.07) is 0. The molecule has 1 heterocycles. The molecule has 0 saturated carbocycles. The average molecular weight is 277 g/mol. The van der Waals surface area contributed by atoms with Crippen molar-refractivity contribution in [2.45, 2.75) is 39.0 Å². The van der Waals surface area contributed by atoms with Crippen LogP contribution in [0.4, 0.5) is 0 Å². The Morgan fingerprint density at radius 1 is 1.55 bits per heavy atom. The van der Waals surface area contributed by atoms with Crippen molar-refractivity contribution in [3.63, 3.8) is 0 Å². The van der Waals surface area contributed by atoms with E-state index in [-0.39, 0.29) is 18.4 Å². The van der Waals surface area contributed by atoms with E-state index in [2.05, 4.69) is 11.4 Å². The standard InChI is InChI=1S/C14H19N3O3/c1-3-4-5-7-11-8-6-9-17(13(11)19)14(20)12(16-15)10(2)18/h3,11H,1,4-9H2,2H3. The van der Waals surface area contributed by atoms with Gasteiger partial charge in [-0.1, -0.05) is 6.08 Å². The second-order valence-electron chi connectivity index (χ2n) is 4.86. The van der Waals surface area contributed by atoms with Crippen molar-refractivity contribution < 1.29 is 19.2 Å². The van der Waals surface area contributed by atoms with E-state index in [0.29, 0.717) is 12.8 Å². The Hall–Kier alpha value is -2.07. The van der Waals surface area contributed by atoms with Crippen LogP contribution in [0.3, 0.4) is 0 Å². The Balaban J connectivity index is 2.78. The van der Waals surface area contributed by atoms with E-state index in [4.69, 9.17) is 5.53 Å². The number of rotatable bonds is 6. The van der Waals surface area contributed by atoms with E-state index < -0.39 is 17.4 Å². The van der Waals surface area contributed by atoms with Crippen molar-refractivity contribution in [1.82, 2.24) is 4.90 Å². The minimum Gasteiger partial charge on any atom is -0.360 e. The fraction of sp³-hybridized carbons (Fsp3) is 0.571. The summed E-state index contributed by atoms with van der Waals surface area (Å²) < 4.78 is 0. The minimum atomic E-state index is -0.807. The number of allylic oxidation sites excluding steroid dienone is 1. The van der Waals surface area contributed by atoms with Gasteiger partial charge in [0.2, 0.25) is 11.7 Å². The molecule has 6 heteroatoms. The SMILES string of the molecule is C=CCCCC1CCCN(C(=O)C(=[N+]=[N-])C(C)=O)C1=O. The summed E-state index contributed by atoms with van der Waals surface area (Å²) in [4.78, 5) is 39.2. The lowest BCUT2D eigenvalue weighted by Gasteiger charge is -2.29. The van der Waals surface area contributed by atoms with E-state index in [9.17, 15) is 14.4 Å². The largest absolute Gasteiger partial charge is 0.421 e. The van der Waals surface area contributed by atoms with Crippen LogP contribution < -0.4 is 0 Å². The topological polar surface area (TPSA) is 90.8 Å². The molecule has 20 heavy (non-hydrogen) atoms. The first-order chi connectivity index (χ1) is 9.52. The van der Waals surface area contributed by atoms with Gasteiger partial charge < -0.3 is 5.53 Å². The monoisotopic (exact) mass is 277 g/mol. The molecule has 1 aliphatic heterocycles. The predicted molar refractivity (Wildman–Crippen MR) is 72.8 cm³/mol. The smallest absolute Gasteiger partial charge is 0.360 e. The molecule has 0 aromatic rings. The molecule has 1 fully saturated rings. The van der Waals surface area contributed by atoms with E-state index >= 15 is 0 Å². The number of likely N-dealkylation sites (tertiary alicyclic amines) is 1. The molecular weight excluding hydrogens is 258 g/mol. The summed E-state index contributed by atoms with van der Waals surface area (Å²) in [5.41, 5.74) is 8.13. The summed E-state index contributed by atoms with van der Waals surface area (Å²) in [5, 5.41) is 0. The number of Topliss-reactive ketones (excluding diaryl/α,β-unsaturated/α-hetero) is 1. The number of imide groups is 1. The van der Waals surface area contributed by atoms with Gasteiger partial charge >= 0.3 is 11.6 Å². The lowest BCUT2D eigenvalue weighted by Crippen LogP contribution is -2.49. The third kappa shape index (κ3) is 3.71. The quantitative estimate of drug-likeness (QED) is 0.183. The summed E-state index contributed by atoms with van der Waals surface area (Å²) >= 11 is 0. The summed E-state index contributed by atoms with van der Waals surface area (Å²) in [5.74, 6) is -1.95. The highest BCUT2D eigenvalue weighted by Crippen LogP contribution is 2.23. The third-order valence-electron chi connectivity index (χ3n) is 3.39. The van der Waals surface area contributed by atoms with Crippen molar-refractivity contribution in [1.29, 1.82) is 0 Å². The van der Waals surface area contributed by atoms with Crippen molar-refractivity contribution in [2.75, 3.05) is 6.54 Å². The van der Waals surface area contributed by atoms with Crippen LogP contribution in [0, 0.1) is 5.92 Å². The van der Waals surface area contributed by atoms with E-state index in [1.807, 2.05) is 0 Å². The van der Waals surface area contributed by atoms with Crippen molar-refractivity contribution in [3.05, 3.63) is 18.2 Å². The van der Waals surface area contributed by atoms with Crippen LogP contribution in [0.5, 0.6) is 0 Å².